The van der Waals surface area contributed by atoms with E-state index in [1.165, 1.54) is 0 Å². The normalized spacial score (nSPS) is 41.1. The number of amides is 1. The summed E-state index contributed by atoms with van der Waals surface area (Å²) in [6.45, 7) is -1.97. The van der Waals surface area contributed by atoms with E-state index in [0.29, 0.717) is 4.90 Å². The highest BCUT2D eigenvalue weighted by Crippen LogP contribution is 2.39. The van der Waals surface area contributed by atoms with Crippen molar-refractivity contribution >= 4 is 23.6 Å². The highest BCUT2D eigenvalue weighted by molar-refractivity contribution is 7.99. The fourth-order valence-corrected chi connectivity index (χ4v) is 6.95. The molecule has 3 heterocycles. The third-order valence-electron chi connectivity index (χ3n) is 8.40. The molecule has 3 aliphatic rings. The van der Waals surface area contributed by atoms with Crippen LogP contribution in [0.25, 0.3) is 0 Å². The molecule has 3 aliphatic heterocycles. The predicted octanol–water partition coefficient (Wildman–Crippen LogP) is -4.45. The summed E-state index contributed by atoms with van der Waals surface area (Å²) in [5.74, 6) is -5.75. The third-order valence-corrected chi connectivity index (χ3v) is 9.57. The maximum absolute atomic E-state index is 14.4. The summed E-state index contributed by atoms with van der Waals surface area (Å²) < 4.78 is 42.4. The number of carbonyl (C=O) groups excluding carboxylic acids is 1. The molecule has 0 aromatic heterocycles. The van der Waals surface area contributed by atoms with Gasteiger partial charge < -0.3 is 80.1 Å². The zero-order valence-electron chi connectivity index (χ0n) is 26.0. The van der Waals surface area contributed by atoms with E-state index in [1.807, 2.05) is 0 Å². The Labute approximate surface area is 282 Å². The van der Waals surface area contributed by atoms with E-state index in [1.54, 1.807) is 30.3 Å². The zero-order chi connectivity index (χ0) is 36.2. The van der Waals surface area contributed by atoms with Gasteiger partial charge in [0.15, 0.2) is 12.5 Å². The van der Waals surface area contributed by atoms with E-state index >= 15 is 0 Å². The quantitative estimate of drug-likeness (QED) is 0.0913. The number of hydrogen-bond acceptors (Lipinski definition) is 17. The lowest BCUT2D eigenvalue weighted by atomic mass is 9.88. The molecule has 0 bridgehead atoms. The van der Waals surface area contributed by atoms with Crippen LogP contribution in [-0.4, -0.2) is 180 Å². The predicted molar refractivity (Wildman–Crippen MR) is 159 cm³/mol. The van der Waals surface area contributed by atoms with Gasteiger partial charge in [-0.2, -0.15) is 0 Å². The molecule has 0 unspecified atom stereocenters. The molecule has 0 spiro atoms. The average molecular weight is 728 g/mol. The lowest BCUT2D eigenvalue weighted by Gasteiger charge is -2.50. The highest BCUT2D eigenvalue weighted by atomic mass is 32.2. The first-order valence-electron chi connectivity index (χ1n) is 15.3. The largest absolute Gasteiger partial charge is 0.477 e. The molecule has 0 saturated carbocycles. The molecule has 18 nitrogen and oxygen atoms in total. The minimum atomic E-state index is -3.02. The summed E-state index contributed by atoms with van der Waals surface area (Å²) in [6.07, 6.45) is -25.7. The number of nitrogens with one attached hydrogen (secondary N) is 1. The van der Waals surface area contributed by atoms with Crippen LogP contribution >= 0.6 is 11.8 Å². The molecule has 11 N–H and O–H groups in total. The van der Waals surface area contributed by atoms with Gasteiger partial charge in [0, 0.05) is 18.2 Å². The number of alkyl halides is 1. The van der Waals surface area contributed by atoms with Gasteiger partial charge in [-0.15, -0.1) is 0 Å². The number of benzene rings is 1. The number of ether oxygens (including phenoxy) is 5. The fourth-order valence-electron chi connectivity index (χ4n) is 5.87. The third kappa shape index (κ3) is 8.68. The van der Waals surface area contributed by atoms with E-state index in [2.05, 4.69) is 5.32 Å². The second kappa shape index (κ2) is 16.9. The van der Waals surface area contributed by atoms with Crippen molar-refractivity contribution in [2.45, 2.75) is 115 Å². The van der Waals surface area contributed by atoms with Crippen LogP contribution in [-0.2, 0) is 33.3 Å². The number of carboxylic acid groups (broad SMARTS) is 1. The summed E-state index contributed by atoms with van der Waals surface area (Å²) in [5, 5.41) is 107. The van der Waals surface area contributed by atoms with E-state index in [-0.39, 0.29) is 0 Å². The van der Waals surface area contributed by atoms with Crippen LogP contribution in [0.5, 0.6) is 0 Å². The summed E-state index contributed by atoms with van der Waals surface area (Å²) in [4.78, 5) is 25.0. The van der Waals surface area contributed by atoms with Crippen LogP contribution in [0.1, 0.15) is 13.3 Å². The molecule has 3 fully saturated rings. The molecular formula is C29H42FNO17S. The Morgan fingerprint density at radius 1 is 0.980 bits per heavy atom. The first-order valence-corrected chi connectivity index (χ1v) is 16.1. The van der Waals surface area contributed by atoms with Gasteiger partial charge in [0.1, 0.15) is 66.5 Å². The smallest absolute Gasteiger partial charge is 0.364 e. The second-order valence-electron chi connectivity index (χ2n) is 11.9. The average Bonchev–Trinajstić information content (AvgIpc) is 3.08. The number of halogens is 1. The zero-order valence-corrected chi connectivity index (χ0v) is 26.8. The molecule has 0 radical (unpaired) electrons. The van der Waals surface area contributed by atoms with Crippen molar-refractivity contribution in [3.8, 4) is 0 Å². The molecule has 20 heteroatoms. The van der Waals surface area contributed by atoms with Crippen LogP contribution in [0.3, 0.4) is 0 Å². The van der Waals surface area contributed by atoms with Gasteiger partial charge in [0.2, 0.25) is 5.91 Å². The van der Waals surface area contributed by atoms with Crippen molar-refractivity contribution in [1.29, 1.82) is 0 Å². The molecule has 1 amide bonds. The minimum absolute atomic E-state index is 0.679. The van der Waals surface area contributed by atoms with Crippen molar-refractivity contribution in [3.05, 3.63) is 30.3 Å². The number of carbonyl (C=O) groups is 2. The molecular weight excluding hydrogens is 685 g/mol. The van der Waals surface area contributed by atoms with E-state index in [0.717, 1.165) is 18.7 Å². The van der Waals surface area contributed by atoms with Gasteiger partial charge in [-0.1, -0.05) is 30.0 Å². The second-order valence-corrected chi connectivity index (χ2v) is 13.0. The Kier molecular flexibility index (Phi) is 13.7. The maximum Gasteiger partial charge on any atom is 0.364 e. The van der Waals surface area contributed by atoms with Crippen LogP contribution in [0.2, 0.25) is 0 Å². The van der Waals surface area contributed by atoms with Gasteiger partial charge >= 0.3 is 5.97 Å². The van der Waals surface area contributed by atoms with Crippen LogP contribution in [0.15, 0.2) is 35.2 Å². The molecule has 16 atom stereocenters. The Morgan fingerprint density at radius 2 is 1.59 bits per heavy atom. The lowest BCUT2D eigenvalue weighted by Crippen LogP contribution is -2.70. The van der Waals surface area contributed by atoms with Crippen molar-refractivity contribution in [3.63, 3.8) is 0 Å². The van der Waals surface area contributed by atoms with Crippen LogP contribution in [0.4, 0.5) is 4.39 Å². The number of thioether (sulfide) groups is 1. The highest BCUT2D eigenvalue weighted by Gasteiger charge is 2.60. The number of rotatable bonds is 13. The van der Waals surface area contributed by atoms with Crippen LogP contribution < -0.4 is 5.32 Å². The van der Waals surface area contributed by atoms with E-state index < -0.39 is 135 Å². The lowest BCUT2D eigenvalue weighted by molar-refractivity contribution is -0.378. The summed E-state index contributed by atoms with van der Waals surface area (Å²) in [6, 6.07) is 7.12. The van der Waals surface area contributed by atoms with Gasteiger partial charge in [-0.3, -0.25) is 4.79 Å². The Bertz CT molecular complexity index is 1240. The molecule has 0 aliphatic carbocycles. The number of aliphatic carboxylic acids is 1. The monoisotopic (exact) mass is 727 g/mol. The van der Waals surface area contributed by atoms with E-state index in [4.69, 9.17) is 23.7 Å². The number of hydrogen-bond donors (Lipinski definition) is 11. The first-order chi connectivity index (χ1) is 23.2. The summed E-state index contributed by atoms with van der Waals surface area (Å²) in [5.41, 5.74) is -1.06. The first kappa shape index (κ1) is 39.7. The van der Waals surface area contributed by atoms with Gasteiger partial charge in [-0.25, -0.2) is 9.18 Å². The SMILES string of the molecule is CC(=O)N[C@H]1[C@H]([C@H](O)[C@H](F)CO)O[C@@](O[C@@H]2[C@H](O)[C@@H](O)[C@H](O[C@H]3[C@H](O)[C@@H](O)[C@H](Sc4ccccc4)O[C@@H]3CO)O[C@@H]2CO)(C(=O)O)C[C@@H]1O. The van der Waals surface area contributed by atoms with Crippen molar-refractivity contribution in [2.75, 3.05) is 19.8 Å². The Morgan fingerprint density at radius 3 is 2.16 bits per heavy atom. The maximum atomic E-state index is 14.4. The topological polar surface area (TPSA) is 295 Å². The van der Waals surface area contributed by atoms with Crippen molar-refractivity contribution in [2.24, 2.45) is 0 Å². The van der Waals surface area contributed by atoms with Gasteiger partial charge in [-0.05, 0) is 12.1 Å². The minimum Gasteiger partial charge on any atom is -0.477 e. The van der Waals surface area contributed by atoms with Crippen LogP contribution in [0, 0.1) is 0 Å². The Hall–Kier alpha value is -2.12. The molecule has 3 saturated heterocycles. The molecule has 1 aromatic carbocycles. The van der Waals surface area contributed by atoms with E-state index in [9.17, 15) is 65.0 Å². The summed E-state index contributed by atoms with van der Waals surface area (Å²) in [7, 11) is 0. The van der Waals surface area contributed by atoms with Gasteiger partial charge in [0.05, 0.1) is 32.0 Å². The standard InChI is InChI=1S/C29H42FNO17S/c1-11(35)31-17-14(36)7-29(28(42)43,48-25(17)18(37)13(30)8-32)47-24-16(10-34)44-26(21(40)19(24)38)46-23-15(9-33)45-27(22(41)20(23)39)49-12-5-3-2-4-6-12/h2-6,13-27,32-34,36-41H,7-10H2,1H3,(H,31,35)(H,42,43)/t13-,14+,15-,16-,17-,18-,19-,20-,21-,22-,23-,24+,25-,26+,27+,29-/m1/s1. The Balaban J connectivity index is 1.53. The van der Waals surface area contributed by atoms with Crippen molar-refractivity contribution in [1.82, 2.24) is 5.32 Å². The molecule has 4 rings (SSSR count). The number of aliphatic hydroxyl groups is 9. The molecule has 49 heavy (non-hydrogen) atoms. The molecule has 1 aromatic rings. The number of aliphatic hydroxyl groups excluding tert-OH is 9. The molecule has 278 valence electrons. The number of carboxylic acids is 1. The fraction of sp³-hybridized carbons (Fsp3) is 0.724. The van der Waals surface area contributed by atoms with Crippen molar-refractivity contribution < 1.29 is 88.7 Å². The van der Waals surface area contributed by atoms with Gasteiger partial charge in [0.25, 0.3) is 5.79 Å². The summed E-state index contributed by atoms with van der Waals surface area (Å²) >= 11 is 1.06.